The van der Waals surface area contributed by atoms with E-state index < -0.39 is 38.7 Å². The number of aryl methyl sites for hydroxylation is 2. The van der Waals surface area contributed by atoms with Crippen LogP contribution in [0.2, 0.25) is 0 Å². The Morgan fingerprint density at radius 3 is 1.93 bits per heavy atom. The molecule has 0 N–H and O–H groups in total. The number of aromatic nitrogens is 4. The molecule has 3 heterocycles. The first-order valence-electron chi connectivity index (χ1n) is 12.3. The normalized spacial score (nSPS) is 12.4. The molecule has 2 aromatic heterocycles. The van der Waals surface area contributed by atoms with Gasteiger partial charge >= 0.3 is 18.3 Å². The van der Waals surface area contributed by atoms with Gasteiger partial charge < -0.3 is 51.9 Å². The lowest BCUT2D eigenvalue weighted by molar-refractivity contribution is -0.139. The van der Waals surface area contributed by atoms with Crippen molar-refractivity contribution in [2.75, 3.05) is 40.5 Å². The van der Waals surface area contributed by atoms with Gasteiger partial charge in [0.2, 0.25) is 26.2 Å². The van der Waals surface area contributed by atoms with Crippen LogP contribution in [-0.2, 0) is 73.0 Å². The minimum atomic E-state index is -0.914. The van der Waals surface area contributed by atoms with E-state index in [9.17, 15) is 28.8 Å². The predicted molar refractivity (Wildman–Crippen MR) is 137 cm³/mol. The molecule has 0 spiro atoms. The third-order valence-corrected chi connectivity index (χ3v) is 4.98. The first-order chi connectivity index (χ1) is 20.7. The van der Waals surface area contributed by atoms with Gasteiger partial charge in [0.1, 0.15) is 12.7 Å². The third kappa shape index (κ3) is 16.6. The molecule has 43 heavy (non-hydrogen) atoms. The molecule has 0 unspecified atom stereocenters. The van der Waals surface area contributed by atoms with Crippen molar-refractivity contribution >= 4 is 37.7 Å². The number of hydrogen-bond donors (Lipinski definition) is 0. The van der Waals surface area contributed by atoms with Crippen molar-refractivity contribution < 1.29 is 66.7 Å². The number of likely N-dealkylation sites (tertiary alicyclic amines) is 1. The molecule has 1 saturated heterocycles. The van der Waals surface area contributed by atoms with Gasteiger partial charge in [0, 0.05) is 45.8 Å². The lowest BCUT2D eigenvalue weighted by atomic mass is 10.1. The first-order valence-corrected chi connectivity index (χ1v) is 12.3. The summed E-state index contributed by atoms with van der Waals surface area (Å²) in [6.07, 6.45) is 6.18. The minimum absolute atomic E-state index is 0.0146. The molecule has 19 heteroatoms. The number of nitrogens with zero attached hydrogens (tertiary/aromatic N) is 5. The van der Waals surface area contributed by atoms with E-state index in [2.05, 4.69) is 48.0 Å². The lowest BCUT2D eigenvalue weighted by Gasteiger charge is -2.28. The molecular formula is C24H33N5O14. The van der Waals surface area contributed by atoms with Crippen molar-refractivity contribution in [3.05, 3.63) is 36.4 Å². The quantitative estimate of drug-likeness (QED) is 0.0971. The van der Waals surface area contributed by atoms with E-state index in [4.69, 9.17) is 4.74 Å². The fourth-order valence-corrected chi connectivity index (χ4v) is 2.95. The van der Waals surface area contributed by atoms with Crippen molar-refractivity contribution in [3.8, 4) is 0 Å². The number of carbonyl (C=O) groups is 6. The van der Waals surface area contributed by atoms with Crippen molar-refractivity contribution in [2.24, 2.45) is 14.1 Å². The minimum Gasteiger partial charge on any atom is -0.431 e. The molecule has 1 fully saturated rings. The van der Waals surface area contributed by atoms with Crippen LogP contribution >= 0.6 is 0 Å². The molecule has 2 aromatic rings. The molecule has 0 bridgehead atoms. The van der Waals surface area contributed by atoms with E-state index >= 15 is 0 Å². The molecule has 1 aliphatic rings. The summed E-state index contributed by atoms with van der Waals surface area (Å²) in [5.41, 5.74) is 0.603. The highest BCUT2D eigenvalue weighted by Crippen LogP contribution is 2.12. The Morgan fingerprint density at radius 2 is 1.42 bits per heavy atom. The molecule has 0 saturated carbocycles. The number of piperidine rings is 1. The Balaban J connectivity index is 0.000000324. The lowest BCUT2D eigenvalue weighted by Crippen LogP contribution is -2.35. The van der Waals surface area contributed by atoms with E-state index in [1.54, 1.807) is 37.4 Å². The number of imidazole rings is 2. The first kappa shape index (κ1) is 35.8. The molecule has 1 aliphatic heterocycles. The number of esters is 1. The molecule has 0 atom stereocenters. The molecule has 3 rings (SSSR count). The SMILES string of the molecule is CN1CCC(OC(=O)OCOC=O)CC1.Cn1ccnc1C(=O)OCOC=O.Cn1cnc(COC(=O)OCOC=O)c1. The van der Waals surface area contributed by atoms with E-state index in [0.29, 0.717) is 5.69 Å². The standard InChI is InChI=1S/C9H15NO5.C8H10N2O5.C7H8N2O4/c1-10-4-2-8(3-5-10)15-9(12)14-7-13-6-11;1-10-2-7(9-4-10)3-14-8(12)15-6-13-5-11;1-9-3-2-8-6(9)7(11)13-5-12-4-10/h6,8H,2-5,7H2,1H3;2,4-5H,3,6H2,1H3;2-4H,5H2,1H3. The van der Waals surface area contributed by atoms with Crippen LogP contribution in [0.4, 0.5) is 9.59 Å². The Morgan fingerprint density at radius 1 is 0.837 bits per heavy atom. The average molecular weight is 616 g/mol. The summed E-state index contributed by atoms with van der Waals surface area (Å²) in [4.78, 5) is 71.9. The fourth-order valence-electron chi connectivity index (χ4n) is 2.95. The molecule has 0 radical (unpaired) electrons. The molecule has 19 nitrogen and oxygen atoms in total. The summed E-state index contributed by atoms with van der Waals surface area (Å²) in [7, 11) is 5.48. The van der Waals surface area contributed by atoms with Crippen LogP contribution in [0.25, 0.3) is 0 Å². The Hall–Kier alpha value is -5.20. The van der Waals surface area contributed by atoms with E-state index in [1.807, 2.05) is 7.05 Å². The second-order valence-electron chi connectivity index (χ2n) is 8.16. The maximum Gasteiger partial charge on any atom is 0.511 e. The van der Waals surface area contributed by atoms with Crippen molar-refractivity contribution in [2.45, 2.75) is 25.6 Å². The van der Waals surface area contributed by atoms with Gasteiger partial charge in [-0.05, 0) is 19.9 Å². The third-order valence-electron chi connectivity index (χ3n) is 4.98. The smallest absolute Gasteiger partial charge is 0.431 e. The van der Waals surface area contributed by atoms with Gasteiger partial charge in [0.15, 0.2) is 0 Å². The van der Waals surface area contributed by atoms with Crippen LogP contribution < -0.4 is 0 Å². The maximum atomic E-state index is 11.1. The predicted octanol–water partition coefficient (Wildman–Crippen LogP) is 0.276. The van der Waals surface area contributed by atoms with Gasteiger partial charge in [-0.25, -0.2) is 24.4 Å². The fraction of sp³-hybridized carbons (Fsp3) is 0.500. The van der Waals surface area contributed by atoms with E-state index in [0.717, 1.165) is 25.9 Å². The van der Waals surface area contributed by atoms with Gasteiger partial charge in [-0.3, -0.25) is 14.4 Å². The monoisotopic (exact) mass is 615 g/mol. The average Bonchev–Trinajstić information content (AvgIpc) is 3.62. The van der Waals surface area contributed by atoms with Crippen LogP contribution in [0.5, 0.6) is 0 Å². The van der Waals surface area contributed by atoms with Crippen LogP contribution in [-0.4, -0.2) is 108 Å². The van der Waals surface area contributed by atoms with E-state index in [-0.39, 0.29) is 38.0 Å². The zero-order valence-corrected chi connectivity index (χ0v) is 23.7. The molecule has 0 aromatic carbocycles. The zero-order valence-electron chi connectivity index (χ0n) is 23.7. The van der Waals surface area contributed by atoms with Gasteiger partial charge in [0.25, 0.3) is 19.4 Å². The summed E-state index contributed by atoms with van der Waals surface area (Å²) >= 11 is 0. The van der Waals surface area contributed by atoms with Crippen LogP contribution in [0.1, 0.15) is 29.2 Å². The highest BCUT2D eigenvalue weighted by atomic mass is 16.8. The highest BCUT2D eigenvalue weighted by molar-refractivity contribution is 5.85. The second-order valence-corrected chi connectivity index (χ2v) is 8.16. The number of ether oxygens (including phenoxy) is 8. The number of carbonyl (C=O) groups excluding carboxylic acids is 6. The maximum absolute atomic E-state index is 11.1. The molecular weight excluding hydrogens is 582 g/mol. The van der Waals surface area contributed by atoms with Crippen molar-refractivity contribution in [3.63, 3.8) is 0 Å². The van der Waals surface area contributed by atoms with Gasteiger partial charge in [-0.2, -0.15) is 0 Å². The summed E-state index contributed by atoms with van der Waals surface area (Å²) in [6.45, 7) is 1.17. The summed E-state index contributed by atoms with van der Waals surface area (Å²) < 4.78 is 38.8. The van der Waals surface area contributed by atoms with Gasteiger partial charge in [-0.15, -0.1) is 0 Å². The summed E-state index contributed by atoms with van der Waals surface area (Å²) in [5.74, 6) is -0.469. The molecule has 0 aliphatic carbocycles. The van der Waals surface area contributed by atoms with Gasteiger partial charge in [0.05, 0.1) is 12.0 Å². The molecule has 0 amide bonds. The summed E-state index contributed by atoms with van der Waals surface area (Å²) in [5, 5.41) is 0. The summed E-state index contributed by atoms with van der Waals surface area (Å²) in [6, 6.07) is 0. The van der Waals surface area contributed by atoms with Crippen LogP contribution in [0.15, 0.2) is 24.9 Å². The highest BCUT2D eigenvalue weighted by Gasteiger charge is 2.21. The Labute approximate surface area is 245 Å². The molecule has 238 valence electrons. The largest absolute Gasteiger partial charge is 0.511 e. The zero-order chi connectivity index (χ0) is 31.9. The van der Waals surface area contributed by atoms with Crippen LogP contribution in [0.3, 0.4) is 0 Å². The Bertz CT molecular complexity index is 1130. The second kappa shape index (κ2) is 21.5. The van der Waals surface area contributed by atoms with Gasteiger partial charge in [-0.1, -0.05) is 0 Å². The number of hydrogen-bond acceptors (Lipinski definition) is 17. The topological polar surface area (TPSA) is 215 Å². The Kier molecular flexibility index (Phi) is 17.9. The van der Waals surface area contributed by atoms with Crippen LogP contribution in [0, 0.1) is 0 Å². The van der Waals surface area contributed by atoms with Crippen molar-refractivity contribution in [1.29, 1.82) is 0 Å². The number of rotatable bonds is 13. The van der Waals surface area contributed by atoms with Crippen molar-refractivity contribution in [1.82, 2.24) is 24.0 Å². The van der Waals surface area contributed by atoms with E-state index in [1.165, 1.54) is 10.8 Å².